The first-order valence-corrected chi connectivity index (χ1v) is 11.9. The Morgan fingerprint density at radius 2 is 1.78 bits per heavy atom. The molecule has 2 rings (SSSR count). The van der Waals surface area contributed by atoms with Gasteiger partial charge < -0.3 is 10.6 Å². The molecular weight excluding hydrogens is 477 g/mol. The van der Waals surface area contributed by atoms with Crippen LogP contribution in [0.3, 0.4) is 0 Å². The van der Waals surface area contributed by atoms with E-state index in [1.807, 2.05) is 0 Å². The first-order chi connectivity index (χ1) is 12.5. The highest BCUT2D eigenvalue weighted by molar-refractivity contribution is 14.0. The third kappa shape index (κ3) is 7.66. The molecule has 0 aromatic carbocycles. The minimum atomic E-state index is -3.06. The summed E-state index contributed by atoms with van der Waals surface area (Å²) in [7, 11) is -3.06. The molecule has 2 heterocycles. The van der Waals surface area contributed by atoms with Crippen LogP contribution in [0.25, 0.3) is 0 Å². The van der Waals surface area contributed by atoms with Crippen molar-refractivity contribution in [1.29, 1.82) is 0 Å². The quantitative estimate of drug-likeness (QED) is 0.308. The van der Waals surface area contributed by atoms with Crippen molar-refractivity contribution >= 4 is 40.0 Å². The molecule has 0 bridgehead atoms. The topological polar surface area (TPSA) is 77.0 Å². The number of hydrogen-bond acceptors (Lipinski definition) is 4. The molecule has 27 heavy (non-hydrogen) atoms. The van der Waals surface area contributed by atoms with E-state index < -0.39 is 10.0 Å². The van der Waals surface area contributed by atoms with Crippen LogP contribution in [0.2, 0.25) is 0 Å². The van der Waals surface area contributed by atoms with Crippen LogP contribution in [0, 0.1) is 0 Å². The minimum Gasteiger partial charge on any atom is -0.357 e. The van der Waals surface area contributed by atoms with E-state index >= 15 is 0 Å². The number of rotatable bonds is 7. The summed E-state index contributed by atoms with van der Waals surface area (Å²) < 4.78 is 25.6. The van der Waals surface area contributed by atoms with E-state index in [2.05, 4.69) is 29.4 Å². The van der Waals surface area contributed by atoms with Gasteiger partial charge in [-0.2, -0.15) is 0 Å². The van der Waals surface area contributed by atoms with Crippen molar-refractivity contribution in [3.63, 3.8) is 0 Å². The highest BCUT2D eigenvalue weighted by atomic mass is 127. The molecule has 0 amide bonds. The van der Waals surface area contributed by atoms with Gasteiger partial charge in [-0.3, -0.25) is 9.89 Å². The number of sulfonamides is 1. The van der Waals surface area contributed by atoms with Gasteiger partial charge in [0.2, 0.25) is 10.0 Å². The number of guanidine groups is 1. The van der Waals surface area contributed by atoms with Crippen LogP contribution < -0.4 is 10.6 Å². The average Bonchev–Trinajstić information content (AvgIpc) is 2.67. The number of piperidine rings is 2. The number of likely N-dealkylation sites (tertiary alicyclic amines) is 1. The molecule has 2 N–H and O–H groups in total. The zero-order valence-electron chi connectivity index (χ0n) is 17.1. The molecule has 0 spiro atoms. The summed E-state index contributed by atoms with van der Waals surface area (Å²) in [6.45, 7) is 11.1. The molecule has 0 aromatic rings. The summed E-state index contributed by atoms with van der Waals surface area (Å²) >= 11 is 0. The first kappa shape index (κ1) is 24.9. The van der Waals surface area contributed by atoms with Crippen molar-refractivity contribution in [1.82, 2.24) is 19.8 Å². The van der Waals surface area contributed by atoms with Gasteiger partial charge in [-0.15, -0.1) is 24.0 Å². The van der Waals surface area contributed by atoms with E-state index in [1.165, 1.54) is 25.8 Å². The maximum atomic E-state index is 12.0. The van der Waals surface area contributed by atoms with Gasteiger partial charge >= 0.3 is 0 Å². The molecule has 2 saturated heterocycles. The summed E-state index contributed by atoms with van der Waals surface area (Å²) in [6, 6.07) is 0.825. The molecule has 2 aliphatic heterocycles. The van der Waals surface area contributed by atoms with Gasteiger partial charge in [0.1, 0.15) is 0 Å². The summed E-state index contributed by atoms with van der Waals surface area (Å²) in [5.74, 6) is 1.05. The van der Waals surface area contributed by atoms with Gasteiger partial charge in [-0.1, -0.05) is 13.3 Å². The molecule has 160 valence electrons. The maximum Gasteiger partial charge on any atom is 0.213 e. The lowest BCUT2D eigenvalue weighted by Crippen LogP contribution is -2.50. The second-order valence-electron chi connectivity index (χ2n) is 7.22. The Balaban J connectivity index is 0.00000364. The number of nitrogens with one attached hydrogen (secondary N) is 2. The molecule has 1 unspecified atom stereocenters. The lowest BCUT2D eigenvalue weighted by atomic mass is 10.0. The zero-order chi connectivity index (χ0) is 19.0. The first-order valence-electron chi connectivity index (χ1n) is 10.3. The van der Waals surface area contributed by atoms with Gasteiger partial charge in [0.15, 0.2) is 5.96 Å². The van der Waals surface area contributed by atoms with E-state index in [0.717, 1.165) is 38.4 Å². The van der Waals surface area contributed by atoms with Crippen molar-refractivity contribution in [3.05, 3.63) is 0 Å². The zero-order valence-corrected chi connectivity index (χ0v) is 20.3. The van der Waals surface area contributed by atoms with Crippen LogP contribution in [0.5, 0.6) is 0 Å². The Morgan fingerprint density at radius 3 is 2.37 bits per heavy atom. The van der Waals surface area contributed by atoms with Crippen molar-refractivity contribution < 1.29 is 8.42 Å². The summed E-state index contributed by atoms with van der Waals surface area (Å²) in [5, 5.41) is 6.86. The predicted octanol–water partition coefficient (Wildman–Crippen LogP) is 1.85. The predicted molar refractivity (Wildman–Crippen MR) is 123 cm³/mol. The standard InChI is InChI=1S/C18H37N5O2S.HI/c1-4-19-18(20-15-17-9-7-8-12-22(17)5-2)21-16-10-13-23(14-11-16)26(24,25)6-3;/h16-17H,4-15H2,1-3H3,(H2,19,20,21);1H. The normalized spacial score (nSPS) is 23.7. The fourth-order valence-corrected chi connectivity index (χ4v) is 4.99. The highest BCUT2D eigenvalue weighted by Crippen LogP contribution is 2.17. The lowest BCUT2D eigenvalue weighted by molar-refractivity contribution is 0.161. The summed E-state index contributed by atoms with van der Waals surface area (Å²) in [4.78, 5) is 7.37. The SMILES string of the molecule is CCNC(=NCC1CCCCN1CC)NC1CCN(S(=O)(=O)CC)CC1.I. The van der Waals surface area contributed by atoms with E-state index in [4.69, 9.17) is 4.99 Å². The Morgan fingerprint density at radius 1 is 1.07 bits per heavy atom. The molecule has 7 nitrogen and oxygen atoms in total. The van der Waals surface area contributed by atoms with Crippen molar-refractivity contribution in [3.8, 4) is 0 Å². The molecule has 0 aliphatic carbocycles. The van der Waals surface area contributed by atoms with Gasteiger partial charge in [0.25, 0.3) is 0 Å². The third-order valence-electron chi connectivity index (χ3n) is 5.51. The van der Waals surface area contributed by atoms with E-state index in [9.17, 15) is 8.42 Å². The smallest absolute Gasteiger partial charge is 0.213 e. The van der Waals surface area contributed by atoms with E-state index in [1.54, 1.807) is 11.2 Å². The molecule has 0 aromatic heterocycles. The van der Waals surface area contributed by atoms with Crippen LogP contribution in [-0.4, -0.2) is 80.7 Å². The molecule has 2 aliphatic rings. The van der Waals surface area contributed by atoms with Crippen LogP contribution in [0.15, 0.2) is 4.99 Å². The summed E-state index contributed by atoms with van der Waals surface area (Å²) in [6.07, 6.45) is 5.48. The second kappa shape index (κ2) is 12.4. The van der Waals surface area contributed by atoms with Gasteiger partial charge in [-0.05, 0) is 52.6 Å². The van der Waals surface area contributed by atoms with Gasteiger partial charge in [0, 0.05) is 31.7 Å². The minimum absolute atomic E-state index is 0. The Bertz CT molecular complexity index is 550. The van der Waals surface area contributed by atoms with Crippen LogP contribution in [-0.2, 0) is 10.0 Å². The number of aliphatic imine (C=N–C) groups is 1. The molecule has 9 heteroatoms. The maximum absolute atomic E-state index is 12.0. The van der Waals surface area contributed by atoms with Gasteiger partial charge in [0.05, 0.1) is 12.3 Å². The monoisotopic (exact) mass is 515 g/mol. The van der Waals surface area contributed by atoms with Crippen molar-refractivity contribution in [2.45, 2.75) is 65.0 Å². The number of halogens is 1. The van der Waals surface area contributed by atoms with Crippen molar-refractivity contribution in [2.24, 2.45) is 4.99 Å². The van der Waals surface area contributed by atoms with Crippen LogP contribution >= 0.6 is 24.0 Å². The number of nitrogens with zero attached hydrogens (tertiary/aromatic N) is 3. The van der Waals surface area contributed by atoms with Gasteiger partial charge in [-0.25, -0.2) is 12.7 Å². The largest absolute Gasteiger partial charge is 0.357 e. The van der Waals surface area contributed by atoms with Crippen LogP contribution in [0.4, 0.5) is 0 Å². The molecule has 0 radical (unpaired) electrons. The Kier molecular flexibility index (Phi) is 11.5. The molecule has 1 atom stereocenters. The fraction of sp³-hybridized carbons (Fsp3) is 0.944. The molecular formula is C18H38IN5O2S. The van der Waals surface area contributed by atoms with E-state index in [-0.39, 0.29) is 35.8 Å². The summed E-state index contributed by atoms with van der Waals surface area (Å²) in [5.41, 5.74) is 0. The van der Waals surface area contributed by atoms with Crippen molar-refractivity contribution in [2.75, 3.05) is 45.0 Å². The number of likely N-dealkylation sites (N-methyl/N-ethyl adjacent to an activating group) is 1. The third-order valence-corrected chi connectivity index (χ3v) is 7.39. The fourth-order valence-electron chi connectivity index (χ4n) is 3.85. The average molecular weight is 516 g/mol. The number of hydrogen-bond donors (Lipinski definition) is 2. The van der Waals surface area contributed by atoms with Crippen LogP contribution in [0.1, 0.15) is 52.9 Å². The Labute approximate surface area is 182 Å². The molecule has 0 saturated carbocycles. The Hall–Kier alpha value is -0.130. The lowest BCUT2D eigenvalue weighted by Gasteiger charge is -2.34. The molecule has 2 fully saturated rings. The second-order valence-corrected chi connectivity index (χ2v) is 9.47. The van der Waals surface area contributed by atoms with E-state index in [0.29, 0.717) is 19.1 Å². The highest BCUT2D eigenvalue weighted by Gasteiger charge is 2.27.